The molecule has 0 radical (unpaired) electrons. The Morgan fingerprint density at radius 3 is 1.69 bits per heavy atom. The molecule has 178 valence electrons. The van der Waals surface area contributed by atoms with E-state index in [4.69, 9.17) is 9.47 Å². The molecule has 4 rings (SSSR count). The van der Waals surface area contributed by atoms with E-state index in [1.165, 1.54) is 0 Å². The minimum absolute atomic E-state index is 0.114. The average Bonchev–Trinajstić information content (AvgIpc) is 2.91. The third-order valence-corrected chi connectivity index (χ3v) is 6.45. The number of methoxy groups -OCH3 is 2. The van der Waals surface area contributed by atoms with Crippen LogP contribution in [0.2, 0.25) is 0 Å². The Morgan fingerprint density at radius 1 is 0.771 bits per heavy atom. The maximum atomic E-state index is 10.9. The van der Waals surface area contributed by atoms with Crippen LogP contribution in [0.4, 0.5) is 0 Å². The number of para-hydroxylation sites is 3. The maximum absolute atomic E-state index is 10.9. The molecule has 1 aliphatic rings. The van der Waals surface area contributed by atoms with Crippen molar-refractivity contribution in [1.82, 2.24) is 9.80 Å². The highest BCUT2D eigenvalue weighted by Gasteiger charge is 2.41. The van der Waals surface area contributed by atoms with Gasteiger partial charge in [-0.25, -0.2) is 0 Å². The van der Waals surface area contributed by atoms with Gasteiger partial charge in [-0.3, -0.25) is 9.80 Å². The number of nitrogens with zero attached hydrogens (tertiary/aromatic N) is 4. The van der Waals surface area contributed by atoms with Crippen LogP contribution < -0.4 is 9.47 Å². The van der Waals surface area contributed by atoms with Gasteiger partial charge in [-0.05, 0) is 24.6 Å². The van der Waals surface area contributed by atoms with Crippen LogP contribution in [0.5, 0.6) is 17.2 Å². The number of hydrogen-bond acceptors (Lipinski definition) is 7. The van der Waals surface area contributed by atoms with Crippen molar-refractivity contribution >= 4 is 0 Å². The lowest BCUT2D eigenvalue weighted by Gasteiger charge is -2.47. The number of benzene rings is 3. The Kier molecular flexibility index (Phi) is 7.52. The minimum Gasteiger partial charge on any atom is -0.508 e. The third kappa shape index (κ3) is 4.65. The van der Waals surface area contributed by atoms with E-state index in [1.807, 2.05) is 70.5 Å². The molecule has 0 saturated carbocycles. The first kappa shape index (κ1) is 24.1. The first-order chi connectivity index (χ1) is 17.1. The van der Waals surface area contributed by atoms with Gasteiger partial charge in [-0.15, -0.1) is 0 Å². The van der Waals surface area contributed by atoms with Gasteiger partial charge in [0, 0.05) is 29.8 Å². The van der Waals surface area contributed by atoms with E-state index >= 15 is 0 Å². The molecule has 0 amide bonds. The normalized spacial score (nSPS) is 18.1. The smallest absolute Gasteiger partial charge is 0.128 e. The highest BCUT2D eigenvalue weighted by molar-refractivity contribution is 5.42. The van der Waals surface area contributed by atoms with Gasteiger partial charge in [0.2, 0.25) is 0 Å². The summed E-state index contributed by atoms with van der Waals surface area (Å²) in [6, 6.07) is 25.6. The van der Waals surface area contributed by atoms with E-state index in [2.05, 4.69) is 12.1 Å². The maximum Gasteiger partial charge on any atom is 0.128 e. The molecule has 2 atom stereocenters. The standard InChI is InChI=1S/C28H28N4O3/c1-34-26-14-7-4-10-20(26)23(18-29)31-16-9-17-32(28(31)22-12-3-6-13-25(22)33)24(19-30)21-11-5-8-15-27(21)35-2/h3-8,10-15,23-24,28,33H,9,16-17H2,1-2H3. The zero-order chi connectivity index (χ0) is 24.8. The van der Waals surface area contributed by atoms with E-state index < -0.39 is 18.2 Å². The van der Waals surface area contributed by atoms with Gasteiger partial charge in [0.15, 0.2) is 0 Å². The highest BCUT2D eigenvalue weighted by atomic mass is 16.5. The second kappa shape index (κ2) is 10.9. The zero-order valence-corrected chi connectivity index (χ0v) is 19.8. The second-order valence-electron chi connectivity index (χ2n) is 8.31. The van der Waals surface area contributed by atoms with Crippen molar-refractivity contribution in [2.75, 3.05) is 27.3 Å². The van der Waals surface area contributed by atoms with Crippen molar-refractivity contribution in [2.45, 2.75) is 24.7 Å². The molecule has 1 aliphatic heterocycles. The van der Waals surface area contributed by atoms with Crippen LogP contribution in [0.15, 0.2) is 72.8 Å². The van der Waals surface area contributed by atoms with Crippen molar-refractivity contribution in [2.24, 2.45) is 0 Å². The summed E-state index contributed by atoms with van der Waals surface area (Å²) in [5.74, 6) is 1.35. The predicted molar refractivity (Wildman–Crippen MR) is 132 cm³/mol. The lowest BCUT2D eigenvalue weighted by atomic mass is 9.96. The number of nitriles is 2. The summed E-state index contributed by atoms with van der Waals surface area (Å²) in [5, 5.41) is 31.6. The number of hydrogen-bond donors (Lipinski definition) is 1. The Labute approximate surface area is 206 Å². The molecule has 1 saturated heterocycles. The molecule has 1 N–H and O–H groups in total. The summed E-state index contributed by atoms with van der Waals surface area (Å²) in [7, 11) is 3.17. The summed E-state index contributed by atoms with van der Waals surface area (Å²) in [5.41, 5.74) is 2.12. The molecule has 0 aliphatic carbocycles. The number of phenols is 1. The molecule has 3 aromatic carbocycles. The Morgan fingerprint density at radius 2 is 1.23 bits per heavy atom. The van der Waals surface area contributed by atoms with Crippen molar-refractivity contribution in [1.29, 1.82) is 10.5 Å². The molecule has 2 unspecified atom stereocenters. The predicted octanol–water partition coefficient (Wildman–Crippen LogP) is 4.95. The fraction of sp³-hybridized carbons (Fsp3) is 0.286. The molecular formula is C28H28N4O3. The molecule has 0 bridgehead atoms. The fourth-order valence-corrected chi connectivity index (χ4v) is 4.90. The van der Waals surface area contributed by atoms with E-state index in [9.17, 15) is 15.6 Å². The lowest BCUT2D eigenvalue weighted by molar-refractivity contribution is -0.0304. The van der Waals surface area contributed by atoms with Crippen LogP contribution in [-0.2, 0) is 0 Å². The van der Waals surface area contributed by atoms with Gasteiger partial charge in [0.05, 0.1) is 32.5 Å². The van der Waals surface area contributed by atoms with Crippen molar-refractivity contribution < 1.29 is 14.6 Å². The molecule has 3 aromatic rings. The zero-order valence-electron chi connectivity index (χ0n) is 19.8. The first-order valence-corrected chi connectivity index (χ1v) is 11.5. The van der Waals surface area contributed by atoms with Gasteiger partial charge in [-0.1, -0.05) is 54.6 Å². The van der Waals surface area contributed by atoms with Crippen molar-refractivity contribution in [3.63, 3.8) is 0 Å². The quantitative estimate of drug-likeness (QED) is 0.525. The van der Waals surface area contributed by atoms with E-state index in [1.54, 1.807) is 26.4 Å². The van der Waals surface area contributed by atoms with Crippen molar-refractivity contribution in [3.05, 3.63) is 89.5 Å². The summed E-state index contributed by atoms with van der Waals surface area (Å²) in [6.45, 7) is 1.21. The first-order valence-electron chi connectivity index (χ1n) is 11.5. The van der Waals surface area contributed by atoms with E-state index in [0.717, 1.165) is 17.5 Å². The molecule has 7 heteroatoms. The van der Waals surface area contributed by atoms with Crippen LogP contribution >= 0.6 is 0 Å². The Balaban J connectivity index is 1.87. The van der Waals surface area contributed by atoms with Gasteiger partial charge in [-0.2, -0.15) is 10.5 Å². The third-order valence-electron chi connectivity index (χ3n) is 6.45. The summed E-state index contributed by atoms with van der Waals surface area (Å²) >= 11 is 0. The number of phenolic OH excluding ortho intramolecular Hbond substituents is 1. The molecule has 7 nitrogen and oxygen atoms in total. The van der Waals surface area contributed by atoms with Crippen molar-refractivity contribution in [3.8, 4) is 29.4 Å². The van der Waals surface area contributed by atoms with Crippen LogP contribution in [0.1, 0.15) is 41.4 Å². The fourth-order valence-electron chi connectivity index (χ4n) is 4.90. The second-order valence-corrected chi connectivity index (χ2v) is 8.31. The molecular weight excluding hydrogens is 440 g/mol. The topological polar surface area (TPSA) is 92.8 Å². The largest absolute Gasteiger partial charge is 0.508 e. The van der Waals surface area contributed by atoms with Crippen LogP contribution in [0.3, 0.4) is 0 Å². The van der Waals surface area contributed by atoms with Crippen LogP contribution in [0, 0.1) is 22.7 Å². The Hall–Kier alpha value is -4.04. The van der Waals surface area contributed by atoms with Crippen LogP contribution in [-0.4, -0.2) is 42.2 Å². The molecule has 0 spiro atoms. The van der Waals surface area contributed by atoms with Gasteiger partial charge < -0.3 is 14.6 Å². The van der Waals surface area contributed by atoms with Crippen LogP contribution in [0.25, 0.3) is 0 Å². The number of aromatic hydroxyl groups is 1. The van der Waals surface area contributed by atoms with Gasteiger partial charge >= 0.3 is 0 Å². The summed E-state index contributed by atoms with van der Waals surface area (Å²) < 4.78 is 11.1. The number of rotatable bonds is 7. The van der Waals surface area contributed by atoms with Gasteiger partial charge in [0.25, 0.3) is 0 Å². The monoisotopic (exact) mass is 468 g/mol. The molecule has 1 heterocycles. The molecule has 35 heavy (non-hydrogen) atoms. The molecule has 0 aromatic heterocycles. The summed E-state index contributed by atoms with van der Waals surface area (Å²) in [4.78, 5) is 4.08. The average molecular weight is 469 g/mol. The molecule has 1 fully saturated rings. The lowest BCUT2D eigenvalue weighted by Crippen LogP contribution is -2.50. The van der Waals surface area contributed by atoms with E-state index in [-0.39, 0.29) is 5.75 Å². The van der Waals surface area contributed by atoms with Gasteiger partial charge in [0.1, 0.15) is 29.3 Å². The number of ether oxygens (including phenoxy) is 2. The Bertz CT molecular complexity index is 1180. The minimum atomic E-state index is -0.657. The highest BCUT2D eigenvalue weighted by Crippen LogP contribution is 2.45. The SMILES string of the molecule is COc1ccccc1C(C#N)N1CCCN(C(C#N)c2ccccc2OC)C1c1ccccc1O. The van der Waals surface area contributed by atoms with E-state index in [0.29, 0.717) is 30.2 Å². The summed E-state index contributed by atoms with van der Waals surface area (Å²) in [6.07, 6.45) is 0.208.